The van der Waals surface area contributed by atoms with Crippen LogP contribution in [-0.2, 0) is 5.75 Å². The van der Waals surface area contributed by atoms with Gasteiger partial charge in [-0.2, -0.15) is 0 Å². The third-order valence-electron chi connectivity index (χ3n) is 3.57. The number of pyridine rings is 1. The van der Waals surface area contributed by atoms with Crippen molar-refractivity contribution in [2.24, 2.45) is 0 Å². The zero-order valence-electron chi connectivity index (χ0n) is 12.4. The van der Waals surface area contributed by atoms with E-state index in [2.05, 4.69) is 16.0 Å². The van der Waals surface area contributed by atoms with Crippen molar-refractivity contribution in [3.8, 4) is 0 Å². The highest BCUT2D eigenvalue weighted by atomic mass is 32.2. The maximum Gasteiger partial charge on any atom is 0.295 e. The number of benzene rings is 2. The first-order valence-corrected chi connectivity index (χ1v) is 9.02. The summed E-state index contributed by atoms with van der Waals surface area (Å²) in [6.07, 6.45) is 0. The standard InChI is InChI=1S/C17H11N3O2S2/c21-20(22)14-6-3-4-11-8-9-12(18-16(11)14)10-23-17-19-13-5-1-2-7-15(13)24-17/h1-9H,10H2. The lowest BCUT2D eigenvalue weighted by atomic mass is 10.2. The zero-order chi connectivity index (χ0) is 16.5. The Labute approximate surface area is 145 Å². The van der Waals surface area contributed by atoms with Gasteiger partial charge in [0.05, 0.1) is 20.8 Å². The number of thiazole rings is 1. The number of nitro benzene ring substituents is 1. The molecule has 2 aromatic heterocycles. The van der Waals surface area contributed by atoms with Gasteiger partial charge in [-0.05, 0) is 18.2 Å². The van der Waals surface area contributed by atoms with Crippen molar-refractivity contribution < 1.29 is 4.92 Å². The molecule has 7 heteroatoms. The first-order chi connectivity index (χ1) is 11.7. The molecule has 24 heavy (non-hydrogen) atoms. The minimum atomic E-state index is -0.389. The van der Waals surface area contributed by atoms with E-state index in [9.17, 15) is 10.1 Å². The van der Waals surface area contributed by atoms with Crippen LogP contribution < -0.4 is 0 Å². The van der Waals surface area contributed by atoms with Crippen LogP contribution in [0.4, 0.5) is 5.69 Å². The number of hydrogen-bond donors (Lipinski definition) is 0. The molecule has 0 bridgehead atoms. The summed E-state index contributed by atoms with van der Waals surface area (Å²) in [5.74, 6) is 0.627. The highest BCUT2D eigenvalue weighted by Crippen LogP contribution is 2.32. The molecular weight excluding hydrogens is 342 g/mol. The monoisotopic (exact) mass is 353 g/mol. The third-order valence-corrected chi connectivity index (χ3v) is 5.78. The second-order valence-electron chi connectivity index (χ2n) is 5.14. The summed E-state index contributed by atoms with van der Waals surface area (Å²) < 4.78 is 2.13. The van der Waals surface area contributed by atoms with Crippen LogP contribution in [0.5, 0.6) is 0 Å². The van der Waals surface area contributed by atoms with Crippen LogP contribution in [-0.4, -0.2) is 14.9 Å². The molecule has 0 spiro atoms. The number of fused-ring (bicyclic) bond motifs is 2. The number of nitrogens with zero attached hydrogens (tertiary/aromatic N) is 3. The Morgan fingerprint density at radius 2 is 1.92 bits per heavy atom. The van der Waals surface area contributed by atoms with Crippen LogP contribution >= 0.6 is 23.1 Å². The molecule has 0 aliphatic rings. The van der Waals surface area contributed by atoms with Crippen molar-refractivity contribution in [3.63, 3.8) is 0 Å². The first-order valence-electron chi connectivity index (χ1n) is 7.22. The molecule has 0 amide bonds. The summed E-state index contributed by atoms with van der Waals surface area (Å²) in [4.78, 5) is 19.8. The Balaban J connectivity index is 1.62. The minimum Gasteiger partial charge on any atom is -0.258 e. The van der Waals surface area contributed by atoms with Gasteiger partial charge in [-0.15, -0.1) is 11.3 Å². The molecule has 2 aromatic carbocycles. The fourth-order valence-corrected chi connectivity index (χ4v) is 4.42. The number of nitro groups is 1. The first kappa shape index (κ1) is 15.0. The van der Waals surface area contributed by atoms with Crippen LogP contribution in [0.1, 0.15) is 5.69 Å². The second kappa shape index (κ2) is 6.18. The lowest BCUT2D eigenvalue weighted by Crippen LogP contribution is -1.94. The second-order valence-corrected chi connectivity index (χ2v) is 7.40. The van der Waals surface area contributed by atoms with Gasteiger partial charge in [-0.25, -0.2) is 9.97 Å². The summed E-state index contributed by atoms with van der Waals surface area (Å²) in [5.41, 5.74) is 2.28. The van der Waals surface area contributed by atoms with Crippen molar-refractivity contribution in [1.29, 1.82) is 0 Å². The smallest absolute Gasteiger partial charge is 0.258 e. The van der Waals surface area contributed by atoms with E-state index >= 15 is 0 Å². The number of non-ortho nitro benzene ring substituents is 1. The van der Waals surface area contributed by atoms with E-state index in [4.69, 9.17) is 0 Å². The van der Waals surface area contributed by atoms with Crippen LogP contribution in [0.15, 0.2) is 58.9 Å². The minimum absolute atomic E-state index is 0.0411. The van der Waals surface area contributed by atoms with Crippen LogP contribution in [0, 0.1) is 10.1 Å². The van der Waals surface area contributed by atoms with Crippen molar-refractivity contribution in [3.05, 3.63) is 70.4 Å². The molecule has 0 aliphatic heterocycles. The van der Waals surface area contributed by atoms with Gasteiger partial charge < -0.3 is 0 Å². The van der Waals surface area contributed by atoms with Gasteiger partial charge >= 0.3 is 0 Å². The number of thioether (sulfide) groups is 1. The summed E-state index contributed by atoms with van der Waals surface area (Å²) in [6, 6.07) is 16.8. The number of hydrogen-bond acceptors (Lipinski definition) is 6. The van der Waals surface area contributed by atoms with Crippen molar-refractivity contribution in [1.82, 2.24) is 9.97 Å². The van der Waals surface area contributed by atoms with Gasteiger partial charge in [0.1, 0.15) is 5.52 Å². The SMILES string of the molecule is O=[N+]([O-])c1cccc2ccc(CSc3nc4ccccc4s3)nc12. The Bertz CT molecular complexity index is 1030. The molecule has 4 rings (SSSR count). The Hall–Kier alpha value is -2.51. The van der Waals surface area contributed by atoms with E-state index in [0.717, 1.165) is 25.6 Å². The summed E-state index contributed by atoms with van der Waals surface area (Å²) >= 11 is 3.24. The summed E-state index contributed by atoms with van der Waals surface area (Å²) in [6.45, 7) is 0. The van der Waals surface area contributed by atoms with Gasteiger partial charge in [0.25, 0.3) is 5.69 Å². The van der Waals surface area contributed by atoms with E-state index in [0.29, 0.717) is 11.3 Å². The molecule has 2 heterocycles. The molecule has 0 saturated carbocycles. The maximum absolute atomic E-state index is 11.2. The molecule has 0 fully saturated rings. The molecule has 118 valence electrons. The van der Waals surface area contributed by atoms with Crippen molar-refractivity contribution >= 4 is 49.9 Å². The van der Waals surface area contributed by atoms with Gasteiger partial charge in [-0.1, -0.05) is 42.1 Å². The van der Waals surface area contributed by atoms with Crippen LogP contribution in [0.3, 0.4) is 0 Å². The molecule has 0 saturated heterocycles. The molecule has 4 aromatic rings. The van der Waals surface area contributed by atoms with Gasteiger partial charge in [0.15, 0.2) is 4.34 Å². The van der Waals surface area contributed by atoms with E-state index < -0.39 is 0 Å². The number of aromatic nitrogens is 2. The molecule has 0 atom stereocenters. The number of para-hydroxylation sites is 2. The Morgan fingerprint density at radius 3 is 2.75 bits per heavy atom. The van der Waals surface area contributed by atoms with Gasteiger partial charge in [-0.3, -0.25) is 10.1 Å². The normalized spacial score (nSPS) is 11.2. The van der Waals surface area contributed by atoms with E-state index in [1.54, 1.807) is 29.2 Å². The topological polar surface area (TPSA) is 68.9 Å². The molecule has 5 nitrogen and oxygen atoms in total. The largest absolute Gasteiger partial charge is 0.295 e. The molecule has 0 N–H and O–H groups in total. The molecular formula is C17H11N3O2S2. The fourth-order valence-electron chi connectivity index (χ4n) is 2.45. The average Bonchev–Trinajstić information content (AvgIpc) is 3.02. The van der Waals surface area contributed by atoms with Crippen molar-refractivity contribution in [2.45, 2.75) is 10.1 Å². The van der Waals surface area contributed by atoms with Crippen LogP contribution in [0.2, 0.25) is 0 Å². The van der Waals surface area contributed by atoms with Crippen LogP contribution in [0.25, 0.3) is 21.1 Å². The van der Waals surface area contributed by atoms with E-state index in [1.165, 1.54) is 6.07 Å². The lowest BCUT2D eigenvalue weighted by Gasteiger charge is -2.02. The predicted octanol–water partition coefficient (Wildman–Crippen LogP) is 5.05. The average molecular weight is 353 g/mol. The quantitative estimate of drug-likeness (QED) is 0.292. The maximum atomic E-state index is 11.2. The van der Waals surface area contributed by atoms with Gasteiger partial charge in [0.2, 0.25) is 0 Å². The predicted molar refractivity (Wildman–Crippen MR) is 97.6 cm³/mol. The van der Waals surface area contributed by atoms with Crippen molar-refractivity contribution in [2.75, 3.05) is 0 Å². The summed E-state index contributed by atoms with van der Waals surface area (Å²) in [5, 5.41) is 11.9. The van der Waals surface area contributed by atoms with E-state index in [1.807, 2.05) is 36.4 Å². The third kappa shape index (κ3) is 2.83. The molecule has 0 radical (unpaired) electrons. The Morgan fingerprint density at radius 1 is 1.04 bits per heavy atom. The highest BCUT2D eigenvalue weighted by Gasteiger charge is 2.13. The highest BCUT2D eigenvalue weighted by molar-refractivity contribution is 8.00. The summed E-state index contributed by atoms with van der Waals surface area (Å²) in [7, 11) is 0. The molecule has 0 unspecified atom stereocenters. The zero-order valence-corrected chi connectivity index (χ0v) is 14.0. The number of rotatable bonds is 4. The molecule has 0 aliphatic carbocycles. The Kier molecular flexibility index (Phi) is 3.87. The fraction of sp³-hybridized carbons (Fsp3) is 0.0588. The van der Waals surface area contributed by atoms with E-state index in [-0.39, 0.29) is 10.6 Å². The lowest BCUT2D eigenvalue weighted by molar-refractivity contribution is -0.383. The van der Waals surface area contributed by atoms with Gasteiger partial charge in [0, 0.05) is 17.2 Å².